The molecule has 2 amide bonds. The molecule has 1 atom stereocenters. The fourth-order valence-electron chi connectivity index (χ4n) is 4.12. The second-order valence-corrected chi connectivity index (χ2v) is 10.3. The highest BCUT2D eigenvalue weighted by molar-refractivity contribution is 7.21. The first kappa shape index (κ1) is 21.7. The molecular weight excluding hydrogens is 432 g/mol. The summed E-state index contributed by atoms with van der Waals surface area (Å²) in [6.07, 6.45) is 6.11. The molecule has 0 fully saturated rings. The van der Waals surface area contributed by atoms with Crippen molar-refractivity contribution in [3.8, 4) is 0 Å². The predicted octanol–water partition coefficient (Wildman–Crippen LogP) is 4.10. The average molecular weight is 459 g/mol. The minimum Gasteiger partial charge on any atom is -0.365 e. The van der Waals surface area contributed by atoms with Crippen molar-refractivity contribution in [3.05, 3.63) is 43.1 Å². The Kier molecular flexibility index (Phi) is 5.98. The van der Waals surface area contributed by atoms with E-state index in [4.69, 9.17) is 5.73 Å². The first-order chi connectivity index (χ1) is 14.8. The predicted molar refractivity (Wildman–Crippen MR) is 126 cm³/mol. The van der Waals surface area contributed by atoms with Crippen LogP contribution in [-0.2, 0) is 19.4 Å². The first-order valence-electron chi connectivity index (χ1n) is 10.6. The molecule has 31 heavy (non-hydrogen) atoms. The molecule has 1 unspecified atom stereocenters. The van der Waals surface area contributed by atoms with Gasteiger partial charge in [0.1, 0.15) is 9.83 Å². The summed E-state index contributed by atoms with van der Waals surface area (Å²) in [4.78, 5) is 44.7. The largest absolute Gasteiger partial charge is 0.365 e. The van der Waals surface area contributed by atoms with Crippen LogP contribution in [0.3, 0.4) is 0 Å². The van der Waals surface area contributed by atoms with E-state index in [2.05, 4.69) is 24.1 Å². The molecule has 3 heterocycles. The molecule has 0 saturated heterocycles. The van der Waals surface area contributed by atoms with Gasteiger partial charge in [-0.2, -0.15) is 0 Å². The number of amides is 2. The highest BCUT2D eigenvalue weighted by atomic mass is 32.1. The number of anilines is 1. The fraction of sp³-hybridized carbons (Fsp3) is 0.455. The molecule has 1 aliphatic carbocycles. The Morgan fingerprint density at radius 2 is 2.13 bits per heavy atom. The zero-order chi connectivity index (χ0) is 22.3. The van der Waals surface area contributed by atoms with E-state index in [9.17, 15) is 14.4 Å². The van der Waals surface area contributed by atoms with Crippen LogP contribution in [0, 0.1) is 12.8 Å². The molecule has 3 aromatic heterocycles. The van der Waals surface area contributed by atoms with Crippen molar-refractivity contribution in [1.29, 1.82) is 0 Å². The van der Waals surface area contributed by atoms with Crippen LogP contribution in [0.5, 0.6) is 0 Å². The van der Waals surface area contributed by atoms with Crippen LogP contribution in [0.2, 0.25) is 0 Å². The molecule has 0 bridgehead atoms. The van der Waals surface area contributed by atoms with Crippen LogP contribution < -0.4 is 16.6 Å². The van der Waals surface area contributed by atoms with Gasteiger partial charge in [0.2, 0.25) is 0 Å². The van der Waals surface area contributed by atoms with Gasteiger partial charge in [0.15, 0.2) is 0 Å². The molecule has 3 aromatic rings. The van der Waals surface area contributed by atoms with E-state index < -0.39 is 5.91 Å². The van der Waals surface area contributed by atoms with Crippen molar-refractivity contribution in [2.75, 3.05) is 5.32 Å². The molecule has 1 aliphatic rings. The van der Waals surface area contributed by atoms with E-state index in [1.807, 2.05) is 0 Å². The van der Waals surface area contributed by atoms with Crippen LogP contribution >= 0.6 is 22.7 Å². The van der Waals surface area contributed by atoms with E-state index in [-0.39, 0.29) is 11.5 Å². The molecule has 0 aromatic carbocycles. The number of rotatable bonds is 6. The number of thiophene rings is 2. The van der Waals surface area contributed by atoms with Gasteiger partial charge in [0.05, 0.1) is 22.2 Å². The summed E-state index contributed by atoms with van der Waals surface area (Å²) in [5.41, 5.74) is 7.57. The third kappa shape index (κ3) is 3.92. The van der Waals surface area contributed by atoms with Crippen molar-refractivity contribution >= 4 is 49.7 Å². The molecule has 0 saturated carbocycles. The highest BCUT2D eigenvalue weighted by Gasteiger charge is 2.28. The number of fused-ring (bicyclic) bond motifs is 2. The summed E-state index contributed by atoms with van der Waals surface area (Å²) in [5.74, 6) is -0.314. The van der Waals surface area contributed by atoms with Crippen LogP contribution in [0.1, 0.15) is 69.1 Å². The lowest BCUT2D eigenvalue weighted by Gasteiger charge is -2.18. The lowest BCUT2D eigenvalue weighted by Crippen LogP contribution is -2.21. The number of nitrogens with one attached hydrogen (secondary N) is 1. The monoisotopic (exact) mass is 458 g/mol. The van der Waals surface area contributed by atoms with Gasteiger partial charge in [0.25, 0.3) is 17.4 Å². The number of carbonyl (C=O) groups excluding carboxylic acids is 2. The van der Waals surface area contributed by atoms with Crippen molar-refractivity contribution in [3.63, 3.8) is 0 Å². The Balaban J connectivity index is 1.70. The number of hydrogen-bond donors (Lipinski definition) is 2. The maximum Gasteiger partial charge on any atom is 0.266 e. The Labute approximate surface area is 188 Å². The van der Waals surface area contributed by atoms with Crippen LogP contribution in [0.15, 0.2) is 11.1 Å². The van der Waals surface area contributed by atoms with Crippen molar-refractivity contribution in [1.82, 2.24) is 9.55 Å². The van der Waals surface area contributed by atoms with E-state index in [0.29, 0.717) is 43.7 Å². The summed E-state index contributed by atoms with van der Waals surface area (Å²) >= 11 is 2.63. The summed E-state index contributed by atoms with van der Waals surface area (Å²) in [5, 5.41) is 3.89. The zero-order valence-corrected chi connectivity index (χ0v) is 19.5. The summed E-state index contributed by atoms with van der Waals surface area (Å²) in [6.45, 7) is 6.64. The number of nitrogens with zero attached hydrogens (tertiary/aromatic N) is 2. The molecular formula is C22H26N4O3S2. The molecule has 9 heteroatoms. The maximum atomic E-state index is 13.1. The Hall–Kier alpha value is -2.52. The second kappa shape index (κ2) is 8.55. The number of unbranched alkanes of at least 4 members (excludes halogenated alkanes) is 1. The Bertz CT molecular complexity index is 1240. The molecule has 4 rings (SSSR count). The number of aryl methyl sites for hydroxylation is 2. The minimum absolute atomic E-state index is 0.121. The summed E-state index contributed by atoms with van der Waals surface area (Å²) in [6, 6.07) is 0. The van der Waals surface area contributed by atoms with E-state index in [1.54, 1.807) is 17.8 Å². The van der Waals surface area contributed by atoms with E-state index in [1.165, 1.54) is 22.7 Å². The van der Waals surface area contributed by atoms with Crippen LogP contribution in [0.4, 0.5) is 5.00 Å². The zero-order valence-electron chi connectivity index (χ0n) is 17.9. The van der Waals surface area contributed by atoms with Crippen LogP contribution in [-0.4, -0.2) is 21.4 Å². The van der Waals surface area contributed by atoms with Gasteiger partial charge in [-0.05, 0) is 49.7 Å². The standard InChI is InChI=1S/C22H26N4O3S2/c1-4-5-8-26-10-24-20-15(22(26)29)12(3)17(31-20)19(28)25-21-16(18(23)27)13-7-6-11(2)9-14(13)30-21/h10-11H,4-9H2,1-3H3,(H2,23,27)(H,25,28). The SMILES string of the molecule is CCCCn1cnc2sc(C(=O)Nc3sc4c(c3C(N)=O)CCC(C)C4)c(C)c2c1=O. The normalized spacial score (nSPS) is 15.8. The lowest BCUT2D eigenvalue weighted by molar-refractivity contribution is 0.1000. The van der Waals surface area contributed by atoms with Crippen molar-refractivity contribution in [2.24, 2.45) is 11.7 Å². The second-order valence-electron chi connectivity index (χ2n) is 8.21. The molecule has 0 spiro atoms. The fourth-order valence-corrected chi connectivity index (χ4v) is 6.57. The number of aromatic nitrogens is 2. The number of hydrogen-bond acceptors (Lipinski definition) is 6. The van der Waals surface area contributed by atoms with E-state index in [0.717, 1.165) is 42.5 Å². The molecule has 164 valence electrons. The van der Waals surface area contributed by atoms with Gasteiger partial charge >= 0.3 is 0 Å². The third-order valence-electron chi connectivity index (χ3n) is 5.86. The van der Waals surface area contributed by atoms with Gasteiger partial charge in [-0.3, -0.25) is 19.0 Å². The average Bonchev–Trinajstić information content (AvgIpc) is 3.24. The Morgan fingerprint density at radius 3 is 2.84 bits per heavy atom. The molecule has 0 radical (unpaired) electrons. The number of nitrogens with two attached hydrogens (primary N) is 1. The summed E-state index contributed by atoms with van der Waals surface area (Å²) < 4.78 is 1.60. The van der Waals surface area contributed by atoms with Gasteiger partial charge in [0, 0.05) is 11.4 Å². The van der Waals surface area contributed by atoms with Crippen LogP contribution in [0.25, 0.3) is 10.2 Å². The highest BCUT2D eigenvalue weighted by Crippen LogP contribution is 2.40. The smallest absolute Gasteiger partial charge is 0.266 e. The number of primary amides is 1. The van der Waals surface area contributed by atoms with Gasteiger partial charge < -0.3 is 11.1 Å². The Morgan fingerprint density at radius 1 is 1.35 bits per heavy atom. The number of carbonyl (C=O) groups is 2. The first-order valence-corrected chi connectivity index (χ1v) is 12.2. The van der Waals surface area contributed by atoms with Gasteiger partial charge in [-0.1, -0.05) is 20.3 Å². The summed E-state index contributed by atoms with van der Waals surface area (Å²) in [7, 11) is 0. The van der Waals surface area contributed by atoms with Crippen molar-refractivity contribution < 1.29 is 9.59 Å². The molecule has 0 aliphatic heterocycles. The lowest BCUT2D eigenvalue weighted by atomic mass is 9.88. The quantitative estimate of drug-likeness (QED) is 0.580. The minimum atomic E-state index is -0.518. The van der Waals surface area contributed by atoms with Crippen molar-refractivity contribution in [2.45, 2.75) is 59.4 Å². The molecule has 7 nitrogen and oxygen atoms in total. The third-order valence-corrected chi connectivity index (χ3v) is 8.23. The maximum absolute atomic E-state index is 13.1. The van der Waals surface area contributed by atoms with E-state index >= 15 is 0 Å². The van der Waals surface area contributed by atoms with Gasteiger partial charge in [-0.25, -0.2) is 4.98 Å². The molecule has 3 N–H and O–H groups in total. The topological polar surface area (TPSA) is 107 Å². The van der Waals surface area contributed by atoms with Gasteiger partial charge in [-0.15, -0.1) is 22.7 Å².